The summed E-state index contributed by atoms with van der Waals surface area (Å²) in [6.45, 7) is 17.5. The molecule has 0 saturated heterocycles. The van der Waals surface area contributed by atoms with Crippen molar-refractivity contribution in [2.75, 3.05) is 0 Å². The van der Waals surface area contributed by atoms with Gasteiger partial charge in [-0.2, -0.15) is 0 Å². The summed E-state index contributed by atoms with van der Waals surface area (Å²) >= 11 is 4.03. The van der Waals surface area contributed by atoms with Gasteiger partial charge in [0, 0.05) is 12.1 Å². The van der Waals surface area contributed by atoms with Crippen molar-refractivity contribution in [1.29, 1.82) is 0 Å². The van der Waals surface area contributed by atoms with E-state index in [4.69, 9.17) is 0 Å². The summed E-state index contributed by atoms with van der Waals surface area (Å²) in [5, 5.41) is -0.124. The number of hydrogen-bond acceptors (Lipinski definition) is 2. The summed E-state index contributed by atoms with van der Waals surface area (Å²) < 4.78 is 2.75. The zero-order valence-corrected chi connectivity index (χ0v) is 17.3. The van der Waals surface area contributed by atoms with Gasteiger partial charge in [0.2, 0.25) is 5.12 Å². The second-order valence-corrected chi connectivity index (χ2v) is 18.1. The van der Waals surface area contributed by atoms with Gasteiger partial charge < -0.3 is 4.23 Å². The van der Waals surface area contributed by atoms with Gasteiger partial charge in [-0.1, -0.05) is 64.4 Å². The van der Waals surface area contributed by atoms with Crippen molar-refractivity contribution in [2.45, 2.75) is 59.2 Å². The zero-order valence-electron chi connectivity index (χ0n) is 14.4. The number of hydrogen-bond donors (Lipinski definition) is 1. The van der Waals surface area contributed by atoms with Crippen LogP contribution in [0.2, 0.25) is 39.3 Å². The van der Waals surface area contributed by atoms with E-state index in [2.05, 4.69) is 69.1 Å². The molecule has 0 N–H and O–H groups in total. The largest absolute Gasteiger partial charge is 0.342 e. The molecular weight excluding hydrogens is 310 g/mol. The van der Waals surface area contributed by atoms with E-state index in [1.807, 2.05) is 12.1 Å². The van der Waals surface area contributed by atoms with Crippen LogP contribution in [0, 0.1) is 0 Å². The van der Waals surface area contributed by atoms with E-state index in [0.717, 1.165) is 18.5 Å². The first-order chi connectivity index (χ1) is 9.48. The zero-order chi connectivity index (χ0) is 16.4. The lowest BCUT2D eigenvalue weighted by atomic mass is 9.99. The average Bonchev–Trinajstić information content (AvgIpc) is 2.32. The SMILES string of the molecule is CCc1c(CN([Si](C)(C)C)[Si](C)(C)C)cccc1C(=O)S. The topological polar surface area (TPSA) is 20.3 Å². The first kappa shape index (κ1) is 18.7. The smallest absolute Gasteiger partial charge is 0.216 e. The summed E-state index contributed by atoms with van der Waals surface area (Å²) in [5.41, 5.74) is 3.23. The van der Waals surface area contributed by atoms with E-state index in [0.29, 0.717) is 0 Å². The molecule has 0 radical (unpaired) electrons. The predicted octanol–water partition coefficient (Wildman–Crippen LogP) is 4.79. The highest BCUT2D eigenvalue weighted by Crippen LogP contribution is 2.26. The van der Waals surface area contributed by atoms with Crippen molar-refractivity contribution in [2.24, 2.45) is 0 Å². The molecular formula is C16H29NOSSi2. The molecule has 0 bridgehead atoms. The number of rotatable bonds is 6. The number of carbonyl (C=O) groups excluding carboxylic acids is 1. The normalized spacial score (nSPS) is 12.8. The van der Waals surface area contributed by atoms with Crippen LogP contribution in [0.5, 0.6) is 0 Å². The molecule has 0 aromatic heterocycles. The molecule has 0 aliphatic carbocycles. The predicted molar refractivity (Wildman–Crippen MR) is 101 cm³/mol. The number of benzene rings is 1. The van der Waals surface area contributed by atoms with Crippen molar-refractivity contribution in [3.63, 3.8) is 0 Å². The molecule has 2 nitrogen and oxygen atoms in total. The van der Waals surface area contributed by atoms with Gasteiger partial charge in [0.05, 0.1) is 0 Å². The van der Waals surface area contributed by atoms with Crippen LogP contribution >= 0.6 is 12.6 Å². The van der Waals surface area contributed by atoms with Gasteiger partial charge in [-0.25, -0.2) is 0 Å². The Morgan fingerprint density at radius 1 is 1.10 bits per heavy atom. The van der Waals surface area contributed by atoms with Crippen molar-refractivity contribution in [3.05, 3.63) is 34.9 Å². The van der Waals surface area contributed by atoms with Gasteiger partial charge in [-0.05, 0) is 17.5 Å². The summed E-state index contributed by atoms with van der Waals surface area (Å²) in [6.07, 6.45) is 0.878. The number of nitrogens with zero attached hydrogens (tertiary/aromatic N) is 1. The van der Waals surface area contributed by atoms with Crippen molar-refractivity contribution in [1.82, 2.24) is 4.23 Å². The molecule has 0 spiro atoms. The first-order valence-electron chi connectivity index (χ1n) is 7.60. The van der Waals surface area contributed by atoms with Crippen LogP contribution in [0.25, 0.3) is 0 Å². The summed E-state index contributed by atoms with van der Waals surface area (Å²) in [6, 6.07) is 6.06. The van der Waals surface area contributed by atoms with Gasteiger partial charge >= 0.3 is 0 Å². The van der Waals surface area contributed by atoms with E-state index in [1.54, 1.807) is 0 Å². The van der Waals surface area contributed by atoms with Gasteiger partial charge in [-0.15, -0.1) is 12.6 Å². The van der Waals surface area contributed by atoms with E-state index in [1.165, 1.54) is 11.1 Å². The molecule has 0 amide bonds. The molecule has 1 rings (SSSR count). The molecule has 0 fully saturated rings. The van der Waals surface area contributed by atoms with Gasteiger partial charge in [0.25, 0.3) is 0 Å². The molecule has 0 atom stereocenters. The Hall–Kier alpha value is -0.366. The highest BCUT2D eigenvalue weighted by molar-refractivity contribution is 7.97. The highest BCUT2D eigenvalue weighted by Gasteiger charge is 2.34. The second kappa shape index (κ2) is 6.81. The Kier molecular flexibility index (Phi) is 6.06. The molecule has 0 heterocycles. The van der Waals surface area contributed by atoms with Crippen molar-refractivity contribution in [3.8, 4) is 0 Å². The van der Waals surface area contributed by atoms with E-state index >= 15 is 0 Å². The Labute approximate surface area is 137 Å². The molecule has 5 heteroatoms. The molecule has 0 aliphatic rings. The quantitative estimate of drug-likeness (QED) is 0.594. The maximum Gasteiger partial charge on any atom is 0.216 e. The van der Waals surface area contributed by atoms with Crippen LogP contribution in [0.4, 0.5) is 0 Å². The summed E-state index contributed by atoms with van der Waals surface area (Å²) in [5.74, 6) is 0. The highest BCUT2D eigenvalue weighted by atomic mass is 32.1. The van der Waals surface area contributed by atoms with Crippen molar-refractivity contribution < 1.29 is 4.79 Å². The average molecular weight is 340 g/mol. The van der Waals surface area contributed by atoms with Crippen LogP contribution in [0.3, 0.4) is 0 Å². The lowest BCUT2D eigenvalue weighted by Crippen LogP contribution is -2.58. The lowest BCUT2D eigenvalue weighted by molar-refractivity contribution is 0.109. The maximum absolute atomic E-state index is 11.7. The van der Waals surface area contributed by atoms with Gasteiger partial charge in [-0.3, -0.25) is 4.79 Å². The van der Waals surface area contributed by atoms with Crippen molar-refractivity contribution >= 4 is 34.2 Å². The first-order valence-corrected chi connectivity index (χ1v) is 14.9. The summed E-state index contributed by atoms with van der Waals surface area (Å²) in [7, 11) is -2.79. The molecule has 1 aromatic carbocycles. The van der Waals surface area contributed by atoms with E-state index < -0.39 is 16.5 Å². The third kappa shape index (κ3) is 4.81. The van der Waals surface area contributed by atoms with E-state index in [9.17, 15) is 4.79 Å². The van der Waals surface area contributed by atoms with Crippen LogP contribution in [0.1, 0.15) is 28.4 Å². The fourth-order valence-corrected chi connectivity index (χ4v) is 12.6. The Balaban J connectivity index is 3.28. The maximum atomic E-state index is 11.7. The Morgan fingerprint density at radius 3 is 2.00 bits per heavy atom. The fraction of sp³-hybridized carbons (Fsp3) is 0.562. The molecule has 1 aromatic rings. The minimum absolute atomic E-state index is 0.124. The third-order valence-electron chi connectivity index (χ3n) is 3.80. The third-order valence-corrected chi connectivity index (χ3v) is 11.6. The molecule has 0 unspecified atom stereocenters. The number of carbonyl (C=O) groups is 1. The summed E-state index contributed by atoms with van der Waals surface area (Å²) in [4.78, 5) is 11.7. The minimum atomic E-state index is -1.39. The van der Waals surface area contributed by atoms with Crippen LogP contribution in [-0.2, 0) is 13.0 Å². The van der Waals surface area contributed by atoms with Gasteiger partial charge in [0.15, 0.2) is 0 Å². The Morgan fingerprint density at radius 2 is 1.62 bits per heavy atom. The monoisotopic (exact) mass is 339 g/mol. The van der Waals surface area contributed by atoms with Crippen LogP contribution in [0.15, 0.2) is 18.2 Å². The fourth-order valence-electron chi connectivity index (χ4n) is 3.05. The van der Waals surface area contributed by atoms with E-state index in [-0.39, 0.29) is 5.12 Å². The standard InChI is InChI=1S/C16H29NOSSi2/c1-8-14-13(10-9-11-15(14)16(18)19)12-17(20(2,3)4)21(5,6)7/h9-11H,8,12H2,1-7H3,(H,18,19). The number of thiol groups is 1. The molecule has 0 saturated carbocycles. The van der Waals surface area contributed by atoms with Gasteiger partial charge in [0.1, 0.15) is 16.5 Å². The second-order valence-electron chi connectivity index (χ2n) is 7.53. The molecule has 0 aliphatic heterocycles. The molecule has 21 heavy (non-hydrogen) atoms. The lowest BCUT2D eigenvalue weighted by Gasteiger charge is -2.44. The van der Waals surface area contributed by atoms with Crippen LogP contribution < -0.4 is 0 Å². The minimum Gasteiger partial charge on any atom is -0.342 e. The Bertz CT molecular complexity index is 504. The molecule has 118 valence electrons. The van der Waals surface area contributed by atoms with Crippen LogP contribution in [-0.4, -0.2) is 25.8 Å².